The number of aromatic carboxylic acids is 1. The van der Waals surface area contributed by atoms with Crippen molar-refractivity contribution in [2.24, 2.45) is 11.7 Å². The molecule has 2 heterocycles. The number of hydrogen-bond acceptors (Lipinski definition) is 6. The summed E-state index contributed by atoms with van der Waals surface area (Å²) in [7, 11) is 1.58. The summed E-state index contributed by atoms with van der Waals surface area (Å²) in [5.41, 5.74) is 6.51. The molecule has 7 nitrogen and oxygen atoms in total. The van der Waals surface area contributed by atoms with E-state index in [1.54, 1.807) is 31.4 Å². The standard InChI is InChI=1S/C17H21N3O4/c1-23-13-6-4-12(5-7-13)15-14(17(21)22)16(19-24-15)20-8-2-3-11(9-18)10-20/h4-7,11H,2-3,8-10,18H2,1H3,(H,21,22). The van der Waals surface area contributed by atoms with Crippen LogP contribution >= 0.6 is 0 Å². The van der Waals surface area contributed by atoms with Crippen LogP contribution in [-0.2, 0) is 0 Å². The molecule has 1 unspecified atom stereocenters. The molecular weight excluding hydrogens is 310 g/mol. The van der Waals surface area contributed by atoms with E-state index < -0.39 is 5.97 Å². The lowest BCUT2D eigenvalue weighted by Gasteiger charge is -2.32. The van der Waals surface area contributed by atoms with Crippen molar-refractivity contribution >= 4 is 11.8 Å². The number of nitrogens with zero attached hydrogens (tertiary/aromatic N) is 2. The summed E-state index contributed by atoms with van der Waals surface area (Å²) in [6.07, 6.45) is 2.02. The summed E-state index contributed by atoms with van der Waals surface area (Å²) < 4.78 is 10.5. The Balaban J connectivity index is 1.96. The highest BCUT2D eigenvalue weighted by atomic mass is 16.5. The number of rotatable bonds is 5. The predicted molar refractivity (Wildman–Crippen MR) is 89.4 cm³/mol. The molecule has 0 bridgehead atoms. The number of benzene rings is 1. The molecule has 1 atom stereocenters. The molecule has 2 aromatic rings. The van der Waals surface area contributed by atoms with Gasteiger partial charge in [0.1, 0.15) is 5.75 Å². The Kier molecular flexibility index (Phi) is 4.71. The van der Waals surface area contributed by atoms with Gasteiger partial charge < -0.3 is 25.0 Å². The molecule has 0 radical (unpaired) electrons. The molecule has 0 saturated carbocycles. The minimum absolute atomic E-state index is 0.0952. The number of methoxy groups -OCH3 is 1. The molecule has 1 aromatic heterocycles. The molecule has 128 valence electrons. The minimum Gasteiger partial charge on any atom is -0.497 e. The van der Waals surface area contributed by atoms with Gasteiger partial charge in [-0.3, -0.25) is 0 Å². The molecule has 0 amide bonds. The summed E-state index contributed by atoms with van der Waals surface area (Å²) in [5, 5.41) is 13.7. The first kappa shape index (κ1) is 16.3. The van der Waals surface area contributed by atoms with E-state index >= 15 is 0 Å². The van der Waals surface area contributed by atoms with Gasteiger partial charge in [-0.05, 0) is 49.6 Å². The van der Waals surface area contributed by atoms with Crippen LogP contribution in [0.2, 0.25) is 0 Å². The number of anilines is 1. The van der Waals surface area contributed by atoms with Crippen molar-refractivity contribution in [1.82, 2.24) is 5.16 Å². The maximum atomic E-state index is 11.8. The fourth-order valence-corrected chi connectivity index (χ4v) is 3.08. The third-order valence-corrected chi connectivity index (χ3v) is 4.39. The summed E-state index contributed by atoms with van der Waals surface area (Å²) in [6, 6.07) is 7.03. The molecule has 1 saturated heterocycles. The number of aromatic nitrogens is 1. The highest BCUT2D eigenvalue weighted by Gasteiger charge is 2.30. The van der Waals surface area contributed by atoms with Gasteiger partial charge in [-0.2, -0.15) is 0 Å². The number of ether oxygens (including phenoxy) is 1. The van der Waals surface area contributed by atoms with E-state index in [9.17, 15) is 9.90 Å². The van der Waals surface area contributed by atoms with Crippen LogP contribution in [0, 0.1) is 5.92 Å². The lowest BCUT2D eigenvalue weighted by molar-refractivity contribution is 0.0697. The second kappa shape index (κ2) is 6.92. The maximum Gasteiger partial charge on any atom is 0.343 e. The van der Waals surface area contributed by atoms with E-state index in [1.807, 2.05) is 4.90 Å². The maximum absolute atomic E-state index is 11.8. The van der Waals surface area contributed by atoms with Crippen molar-refractivity contribution in [3.05, 3.63) is 29.8 Å². The first-order valence-electron chi connectivity index (χ1n) is 7.96. The van der Waals surface area contributed by atoms with Gasteiger partial charge in [-0.1, -0.05) is 5.16 Å². The van der Waals surface area contributed by atoms with E-state index in [4.69, 9.17) is 15.0 Å². The van der Waals surface area contributed by atoms with Crippen LogP contribution in [0.3, 0.4) is 0 Å². The van der Waals surface area contributed by atoms with Gasteiger partial charge >= 0.3 is 5.97 Å². The second-order valence-electron chi connectivity index (χ2n) is 5.93. The molecule has 3 N–H and O–H groups in total. The molecule has 24 heavy (non-hydrogen) atoms. The molecule has 0 aliphatic carbocycles. The first-order valence-corrected chi connectivity index (χ1v) is 7.96. The Bertz CT molecular complexity index is 711. The van der Waals surface area contributed by atoms with Crippen LogP contribution < -0.4 is 15.4 Å². The smallest absolute Gasteiger partial charge is 0.343 e. The van der Waals surface area contributed by atoms with Gasteiger partial charge in [0.25, 0.3) is 0 Å². The van der Waals surface area contributed by atoms with Crippen LogP contribution in [-0.4, -0.2) is 43.0 Å². The van der Waals surface area contributed by atoms with Crippen LogP contribution in [0.1, 0.15) is 23.2 Å². The highest BCUT2D eigenvalue weighted by molar-refractivity contribution is 5.99. The highest BCUT2D eigenvalue weighted by Crippen LogP contribution is 2.34. The number of carboxylic acids is 1. The van der Waals surface area contributed by atoms with Gasteiger partial charge in [-0.15, -0.1) is 0 Å². The zero-order valence-corrected chi connectivity index (χ0v) is 13.6. The van der Waals surface area contributed by atoms with Crippen molar-refractivity contribution < 1.29 is 19.2 Å². The van der Waals surface area contributed by atoms with Gasteiger partial charge in [0, 0.05) is 18.7 Å². The zero-order valence-electron chi connectivity index (χ0n) is 13.6. The summed E-state index contributed by atoms with van der Waals surface area (Å²) in [5.74, 6) is 0.632. The number of carbonyl (C=O) groups is 1. The average molecular weight is 331 g/mol. The Labute approximate surface area is 140 Å². The second-order valence-corrected chi connectivity index (χ2v) is 5.93. The molecule has 1 aromatic carbocycles. The van der Waals surface area contributed by atoms with E-state index in [0.29, 0.717) is 36.1 Å². The third kappa shape index (κ3) is 3.07. The minimum atomic E-state index is -1.05. The number of hydrogen-bond donors (Lipinski definition) is 2. The van der Waals surface area contributed by atoms with Crippen molar-refractivity contribution in [1.29, 1.82) is 0 Å². The Morgan fingerprint density at radius 1 is 1.46 bits per heavy atom. The SMILES string of the molecule is COc1ccc(-c2onc(N3CCCC(CN)C3)c2C(=O)O)cc1. The molecule has 3 rings (SSSR count). The van der Waals surface area contributed by atoms with Crippen molar-refractivity contribution in [3.8, 4) is 17.1 Å². The van der Waals surface area contributed by atoms with E-state index in [2.05, 4.69) is 5.16 Å². The lowest BCUT2D eigenvalue weighted by atomic mass is 9.98. The Morgan fingerprint density at radius 3 is 2.83 bits per heavy atom. The summed E-state index contributed by atoms with van der Waals surface area (Å²) >= 11 is 0. The van der Waals surface area contributed by atoms with Gasteiger partial charge in [0.2, 0.25) is 0 Å². The fourth-order valence-electron chi connectivity index (χ4n) is 3.08. The Hall–Kier alpha value is -2.54. The zero-order chi connectivity index (χ0) is 17.1. The summed E-state index contributed by atoms with van der Waals surface area (Å²) in [6.45, 7) is 2.04. The average Bonchev–Trinajstić information content (AvgIpc) is 3.07. The van der Waals surface area contributed by atoms with Crippen LogP contribution in [0.4, 0.5) is 5.82 Å². The monoisotopic (exact) mass is 331 g/mol. The van der Waals surface area contributed by atoms with E-state index in [-0.39, 0.29) is 11.3 Å². The van der Waals surface area contributed by atoms with Crippen molar-refractivity contribution in [3.63, 3.8) is 0 Å². The number of carboxylic acid groups (broad SMARTS) is 1. The van der Waals surface area contributed by atoms with Crippen LogP contribution in [0.15, 0.2) is 28.8 Å². The molecule has 1 aliphatic rings. The van der Waals surface area contributed by atoms with Gasteiger partial charge in [-0.25, -0.2) is 4.79 Å². The molecule has 1 aliphatic heterocycles. The van der Waals surface area contributed by atoms with Crippen molar-refractivity contribution in [2.45, 2.75) is 12.8 Å². The number of piperidine rings is 1. The fraction of sp³-hybridized carbons (Fsp3) is 0.412. The quantitative estimate of drug-likeness (QED) is 0.866. The summed E-state index contributed by atoms with van der Waals surface area (Å²) in [4.78, 5) is 13.8. The van der Waals surface area contributed by atoms with E-state index in [1.165, 1.54) is 0 Å². The van der Waals surface area contributed by atoms with Gasteiger partial charge in [0.15, 0.2) is 17.1 Å². The van der Waals surface area contributed by atoms with Crippen LogP contribution in [0.25, 0.3) is 11.3 Å². The normalized spacial score (nSPS) is 17.8. The number of nitrogens with two attached hydrogens (primary N) is 1. The van der Waals surface area contributed by atoms with Crippen LogP contribution in [0.5, 0.6) is 5.75 Å². The third-order valence-electron chi connectivity index (χ3n) is 4.39. The first-order chi connectivity index (χ1) is 11.6. The van der Waals surface area contributed by atoms with E-state index in [0.717, 1.165) is 19.4 Å². The molecular formula is C17H21N3O4. The molecule has 0 spiro atoms. The topological polar surface area (TPSA) is 102 Å². The Morgan fingerprint density at radius 2 is 2.21 bits per heavy atom. The lowest BCUT2D eigenvalue weighted by Crippen LogP contribution is -2.39. The molecule has 7 heteroatoms. The van der Waals surface area contributed by atoms with Gasteiger partial charge in [0.05, 0.1) is 7.11 Å². The molecule has 1 fully saturated rings. The van der Waals surface area contributed by atoms with Crippen molar-refractivity contribution in [2.75, 3.05) is 31.6 Å². The predicted octanol–water partition coefficient (Wildman–Crippen LogP) is 2.22. The largest absolute Gasteiger partial charge is 0.497 e.